The SMILES string of the molecule is CCN(C(=O)c1ccc(Br)o1)c1ccccc1N. The van der Waals surface area contributed by atoms with Crippen molar-refractivity contribution in [3.8, 4) is 0 Å². The maximum absolute atomic E-state index is 12.3. The highest BCUT2D eigenvalue weighted by Crippen LogP contribution is 2.25. The Kier molecular flexibility index (Phi) is 3.72. The first-order chi connectivity index (χ1) is 8.63. The molecule has 0 aliphatic carbocycles. The zero-order valence-electron chi connectivity index (χ0n) is 9.89. The summed E-state index contributed by atoms with van der Waals surface area (Å²) >= 11 is 3.18. The summed E-state index contributed by atoms with van der Waals surface area (Å²) in [4.78, 5) is 13.9. The minimum Gasteiger partial charge on any atom is -0.444 e. The number of hydrogen-bond donors (Lipinski definition) is 1. The molecule has 0 atom stereocenters. The molecular formula is C13H13BrN2O2. The van der Waals surface area contributed by atoms with E-state index in [0.29, 0.717) is 22.6 Å². The van der Waals surface area contributed by atoms with E-state index in [4.69, 9.17) is 10.2 Å². The fourth-order valence-corrected chi connectivity index (χ4v) is 2.03. The van der Waals surface area contributed by atoms with Gasteiger partial charge in [-0.25, -0.2) is 0 Å². The van der Waals surface area contributed by atoms with Crippen molar-refractivity contribution in [3.63, 3.8) is 0 Å². The third kappa shape index (κ3) is 2.41. The molecule has 2 N–H and O–H groups in total. The standard InChI is InChI=1S/C13H13BrN2O2/c1-2-16(10-6-4-3-5-9(10)15)13(17)11-7-8-12(14)18-11/h3-8H,2,15H2,1H3. The van der Waals surface area contributed by atoms with Crippen LogP contribution in [0.4, 0.5) is 11.4 Å². The van der Waals surface area contributed by atoms with Crippen LogP contribution in [0.2, 0.25) is 0 Å². The second-order valence-electron chi connectivity index (χ2n) is 3.71. The highest BCUT2D eigenvalue weighted by molar-refractivity contribution is 9.10. The highest BCUT2D eigenvalue weighted by atomic mass is 79.9. The van der Waals surface area contributed by atoms with Gasteiger partial charge < -0.3 is 15.1 Å². The quantitative estimate of drug-likeness (QED) is 0.885. The van der Waals surface area contributed by atoms with Gasteiger partial charge >= 0.3 is 0 Å². The second kappa shape index (κ2) is 5.27. The number of carbonyl (C=O) groups excluding carboxylic acids is 1. The smallest absolute Gasteiger partial charge is 0.294 e. The molecule has 0 aliphatic rings. The summed E-state index contributed by atoms with van der Waals surface area (Å²) in [7, 11) is 0. The van der Waals surface area contributed by atoms with Crippen LogP contribution >= 0.6 is 15.9 Å². The molecular weight excluding hydrogens is 296 g/mol. The number of rotatable bonds is 3. The lowest BCUT2D eigenvalue weighted by atomic mass is 10.2. The van der Waals surface area contributed by atoms with Gasteiger partial charge in [0.25, 0.3) is 5.91 Å². The van der Waals surface area contributed by atoms with Crippen molar-refractivity contribution in [2.24, 2.45) is 0 Å². The molecule has 2 aromatic rings. The van der Waals surface area contributed by atoms with Gasteiger partial charge in [-0.15, -0.1) is 0 Å². The number of nitrogen functional groups attached to an aromatic ring is 1. The molecule has 94 valence electrons. The minimum absolute atomic E-state index is 0.207. The number of halogens is 1. The number of hydrogen-bond acceptors (Lipinski definition) is 3. The zero-order valence-corrected chi connectivity index (χ0v) is 11.5. The van der Waals surface area contributed by atoms with E-state index >= 15 is 0 Å². The molecule has 1 heterocycles. The lowest BCUT2D eigenvalue weighted by Gasteiger charge is -2.21. The predicted molar refractivity (Wildman–Crippen MR) is 74.6 cm³/mol. The van der Waals surface area contributed by atoms with Crippen LogP contribution in [0.1, 0.15) is 17.5 Å². The van der Waals surface area contributed by atoms with Crippen molar-refractivity contribution in [2.45, 2.75) is 6.92 Å². The van der Waals surface area contributed by atoms with Gasteiger partial charge in [-0.1, -0.05) is 12.1 Å². The van der Waals surface area contributed by atoms with E-state index in [0.717, 1.165) is 0 Å². The Balaban J connectivity index is 2.35. The number of anilines is 2. The fraction of sp³-hybridized carbons (Fsp3) is 0.154. The molecule has 1 aromatic carbocycles. The Labute approximate surface area is 114 Å². The minimum atomic E-state index is -0.207. The Bertz CT molecular complexity index is 566. The summed E-state index contributed by atoms with van der Waals surface area (Å²) in [6.45, 7) is 2.41. The molecule has 0 unspecified atom stereocenters. The summed E-state index contributed by atoms with van der Waals surface area (Å²) in [5, 5.41) is 0. The van der Waals surface area contributed by atoms with Gasteiger partial charge in [0.15, 0.2) is 10.4 Å². The van der Waals surface area contributed by atoms with Gasteiger partial charge in [0, 0.05) is 6.54 Å². The van der Waals surface area contributed by atoms with Gasteiger partial charge in [-0.05, 0) is 47.1 Å². The summed E-state index contributed by atoms with van der Waals surface area (Å²) < 4.78 is 5.80. The molecule has 0 saturated heterocycles. The number of para-hydroxylation sites is 2. The van der Waals surface area contributed by atoms with Crippen molar-refractivity contribution in [2.75, 3.05) is 17.2 Å². The monoisotopic (exact) mass is 308 g/mol. The Morgan fingerprint density at radius 3 is 2.61 bits per heavy atom. The molecule has 4 nitrogen and oxygen atoms in total. The molecule has 0 aliphatic heterocycles. The molecule has 18 heavy (non-hydrogen) atoms. The summed E-state index contributed by atoms with van der Waals surface area (Å²) in [6, 6.07) is 10.6. The Morgan fingerprint density at radius 2 is 2.06 bits per heavy atom. The molecule has 0 spiro atoms. The van der Waals surface area contributed by atoms with Crippen LogP contribution in [-0.4, -0.2) is 12.5 Å². The number of carbonyl (C=O) groups is 1. The molecule has 0 bridgehead atoms. The van der Waals surface area contributed by atoms with Crippen molar-refractivity contribution >= 4 is 33.2 Å². The van der Waals surface area contributed by atoms with Gasteiger partial charge in [0.1, 0.15) is 0 Å². The number of nitrogens with zero attached hydrogens (tertiary/aromatic N) is 1. The first-order valence-corrected chi connectivity index (χ1v) is 6.34. The maximum Gasteiger partial charge on any atom is 0.294 e. The largest absolute Gasteiger partial charge is 0.444 e. The number of amides is 1. The van der Waals surface area contributed by atoms with Gasteiger partial charge in [0.2, 0.25) is 0 Å². The molecule has 1 amide bonds. The number of nitrogens with two attached hydrogens (primary N) is 1. The van der Waals surface area contributed by atoms with Crippen molar-refractivity contribution in [1.29, 1.82) is 0 Å². The van der Waals surface area contributed by atoms with E-state index < -0.39 is 0 Å². The van der Waals surface area contributed by atoms with Crippen molar-refractivity contribution in [1.82, 2.24) is 0 Å². The first kappa shape index (κ1) is 12.7. The third-order valence-electron chi connectivity index (χ3n) is 2.57. The van der Waals surface area contributed by atoms with Gasteiger partial charge in [-0.3, -0.25) is 4.79 Å². The molecule has 0 saturated carbocycles. The number of furan rings is 1. The lowest BCUT2D eigenvalue weighted by Crippen LogP contribution is -2.30. The van der Waals surface area contributed by atoms with Crippen LogP contribution in [0.5, 0.6) is 0 Å². The highest BCUT2D eigenvalue weighted by Gasteiger charge is 2.20. The van der Waals surface area contributed by atoms with E-state index in [-0.39, 0.29) is 11.7 Å². The van der Waals surface area contributed by atoms with Crippen molar-refractivity contribution in [3.05, 3.63) is 46.8 Å². The summed E-state index contributed by atoms with van der Waals surface area (Å²) in [5.74, 6) is 0.0769. The molecule has 0 radical (unpaired) electrons. The van der Waals surface area contributed by atoms with Crippen LogP contribution in [0.15, 0.2) is 45.5 Å². The summed E-state index contributed by atoms with van der Waals surface area (Å²) in [5.41, 5.74) is 7.14. The first-order valence-electron chi connectivity index (χ1n) is 5.55. The molecule has 2 rings (SSSR count). The molecule has 1 aromatic heterocycles. The van der Waals surface area contributed by atoms with Crippen LogP contribution in [0, 0.1) is 0 Å². The van der Waals surface area contributed by atoms with Gasteiger partial charge in [0.05, 0.1) is 11.4 Å². The summed E-state index contributed by atoms with van der Waals surface area (Å²) in [6.07, 6.45) is 0. The predicted octanol–water partition coefficient (Wildman–Crippen LogP) is 3.29. The average molecular weight is 309 g/mol. The maximum atomic E-state index is 12.3. The third-order valence-corrected chi connectivity index (χ3v) is 3.00. The van der Waals surface area contributed by atoms with Crippen LogP contribution in [0.25, 0.3) is 0 Å². The normalized spacial score (nSPS) is 10.3. The van der Waals surface area contributed by atoms with Crippen LogP contribution < -0.4 is 10.6 Å². The lowest BCUT2D eigenvalue weighted by molar-refractivity contribution is 0.0960. The van der Waals surface area contributed by atoms with Crippen molar-refractivity contribution < 1.29 is 9.21 Å². The second-order valence-corrected chi connectivity index (χ2v) is 4.49. The molecule has 0 fully saturated rings. The average Bonchev–Trinajstić information content (AvgIpc) is 2.79. The molecule has 5 heteroatoms. The fourth-order valence-electron chi connectivity index (χ4n) is 1.72. The zero-order chi connectivity index (χ0) is 13.1. The van der Waals surface area contributed by atoms with E-state index in [1.54, 1.807) is 23.1 Å². The van der Waals surface area contributed by atoms with Crippen LogP contribution in [-0.2, 0) is 0 Å². The Morgan fingerprint density at radius 1 is 1.33 bits per heavy atom. The van der Waals surface area contributed by atoms with Gasteiger partial charge in [-0.2, -0.15) is 0 Å². The van der Waals surface area contributed by atoms with E-state index in [1.807, 2.05) is 25.1 Å². The van der Waals surface area contributed by atoms with E-state index in [1.165, 1.54) is 0 Å². The number of benzene rings is 1. The topological polar surface area (TPSA) is 59.5 Å². The van der Waals surface area contributed by atoms with E-state index in [2.05, 4.69) is 15.9 Å². The Hall–Kier alpha value is -1.75. The van der Waals surface area contributed by atoms with E-state index in [9.17, 15) is 4.79 Å². The van der Waals surface area contributed by atoms with Crippen LogP contribution in [0.3, 0.4) is 0 Å².